The van der Waals surface area contributed by atoms with Crippen LogP contribution in [0.3, 0.4) is 0 Å². The molecule has 0 saturated carbocycles. The number of halogens is 1. The highest BCUT2D eigenvalue weighted by Crippen LogP contribution is 2.27. The quantitative estimate of drug-likeness (QED) is 0.785. The van der Waals surface area contributed by atoms with Gasteiger partial charge in [0, 0.05) is 29.8 Å². The van der Waals surface area contributed by atoms with Crippen LogP contribution in [0.1, 0.15) is 5.69 Å². The van der Waals surface area contributed by atoms with E-state index >= 15 is 0 Å². The Hall–Kier alpha value is -2.28. The zero-order valence-electron chi connectivity index (χ0n) is 11.3. The van der Waals surface area contributed by atoms with Gasteiger partial charge in [-0.25, -0.2) is 19.3 Å². The molecule has 21 heavy (non-hydrogen) atoms. The molecule has 0 unspecified atom stereocenters. The molecule has 0 bridgehead atoms. The van der Waals surface area contributed by atoms with Crippen LogP contribution in [0.25, 0.3) is 10.9 Å². The fraction of sp³-hybridized carbons (Fsp3) is 0.214. The van der Waals surface area contributed by atoms with Crippen molar-refractivity contribution in [3.63, 3.8) is 0 Å². The van der Waals surface area contributed by atoms with Gasteiger partial charge in [-0.15, -0.1) is 11.3 Å². The van der Waals surface area contributed by atoms with Crippen molar-refractivity contribution in [2.75, 3.05) is 19.0 Å². The van der Waals surface area contributed by atoms with Crippen LogP contribution in [-0.2, 0) is 6.42 Å². The highest BCUT2D eigenvalue weighted by Gasteiger charge is 2.10. The standard InChI is InChI=1S/C14H13FN4OS/c1-20-13-4-10-12(5-11(13)15)17-7-18-14(10)16-3-2-9-6-21-8-19-9/h4-8H,2-3H2,1H3,(H,16,17,18). The number of fused-ring (bicyclic) bond motifs is 1. The van der Waals surface area contributed by atoms with E-state index in [1.165, 1.54) is 19.5 Å². The van der Waals surface area contributed by atoms with Crippen LogP contribution in [-0.4, -0.2) is 28.6 Å². The van der Waals surface area contributed by atoms with Gasteiger partial charge in [-0.2, -0.15) is 0 Å². The fourth-order valence-electron chi connectivity index (χ4n) is 2.02. The second kappa shape index (κ2) is 6.01. The molecule has 1 N–H and O–H groups in total. The Kier molecular flexibility index (Phi) is 3.92. The Bertz CT molecular complexity index is 748. The van der Waals surface area contributed by atoms with Gasteiger partial charge in [-0.1, -0.05) is 0 Å². The molecular weight excluding hydrogens is 291 g/mol. The van der Waals surface area contributed by atoms with Gasteiger partial charge in [-0.05, 0) is 6.07 Å². The first kappa shape index (κ1) is 13.7. The van der Waals surface area contributed by atoms with E-state index in [9.17, 15) is 4.39 Å². The molecule has 2 heterocycles. The van der Waals surface area contributed by atoms with Crippen LogP contribution in [0.2, 0.25) is 0 Å². The molecule has 7 heteroatoms. The average Bonchev–Trinajstić information content (AvgIpc) is 3.00. The van der Waals surface area contributed by atoms with E-state index < -0.39 is 5.82 Å². The summed E-state index contributed by atoms with van der Waals surface area (Å²) in [5, 5.41) is 5.97. The SMILES string of the molecule is COc1cc2c(NCCc3cscn3)ncnc2cc1F. The molecule has 3 rings (SSSR count). The molecule has 1 aromatic carbocycles. The lowest BCUT2D eigenvalue weighted by atomic mass is 10.2. The Labute approximate surface area is 124 Å². The molecule has 0 radical (unpaired) electrons. The predicted octanol–water partition coefficient (Wildman–Crippen LogP) is 2.89. The Morgan fingerprint density at radius 2 is 2.19 bits per heavy atom. The monoisotopic (exact) mass is 304 g/mol. The first-order valence-electron chi connectivity index (χ1n) is 6.37. The van der Waals surface area contributed by atoms with E-state index in [1.54, 1.807) is 17.4 Å². The Morgan fingerprint density at radius 1 is 1.29 bits per heavy atom. The van der Waals surface area contributed by atoms with Crippen LogP contribution in [0.4, 0.5) is 10.2 Å². The van der Waals surface area contributed by atoms with Crippen molar-refractivity contribution in [3.8, 4) is 5.75 Å². The molecule has 2 aromatic heterocycles. The summed E-state index contributed by atoms with van der Waals surface area (Å²) in [7, 11) is 1.43. The summed E-state index contributed by atoms with van der Waals surface area (Å²) >= 11 is 1.57. The molecule has 0 fully saturated rings. The number of thiazole rings is 1. The van der Waals surface area contributed by atoms with Gasteiger partial charge in [-0.3, -0.25) is 0 Å². The van der Waals surface area contributed by atoms with Gasteiger partial charge in [0.2, 0.25) is 0 Å². The van der Waals surface area contributed by atoms with Crippen LogP contribution in [0, 0.1) is 5.82 Å². The van der Waals surface area contributed by atoms with Gasteiger partial charge in [0.1, 0.15) is 12.1 Å². The Morgan fingerprint density at radius 3 is 2.95 bits per heavy atom. The number of nitrogens with one attached hydrogen (secondary N) is 1. The zero-order chi connectivity index (χ0) is 14.7. The average molecular weight is 304 g/mol. The third-order valence-corrected chi connectivity index (χ3v) is 3.70. The van der Waals surface area contributed by atoms with E-state index in [0.29, 0.717) is 17.9 Å². The predicted molar refractivity (Wildman–Crippen MR) is 80.4 cm³/mol. The van der Waals surface area contributed by atoms with Gasteiger partial charge < -0.3 is 10.1 Å². The number of ether oxygens (including phenoxy) is 1. The fourth-order valence-corrected chi connectivity index (χ4v) is 2.62. The van der Waals surface area contributed by atoms with Crippen molar-refractivity contribution in [3.05, 3.63) is 40.9 Å². The summed E-state index contributed by atoms with van der Waals surface area (Å²) in [5.74, 6) is 0.408. The molecule has 3 aromatic rings. The Balaban J connectivity index is 1.84. The third-order valence-electron chi connectivity index (χ3n) is 3.07. The van der Waals surface area contributed by atoms with E-state index in [4.69, 9.17) is 4.74 Å². The number of anilines is 1. The molecule has 0 aliphatic heterocycles. The molecule has 5 nitrogen and oxygen atoms in total. The summed E-state index contributed by atoms with van der Waals surface area (Å²) in [6, 6.07) is 2.96. The van der Waals surface area contributed by atoms with Gasteiger partial charge in [0.25, 0.3) is 0 Å². The van der Waals surface area contributed by atoms with Crippen LogP contribution < -0.4 is 10.1 Å². The largest absolute Gasteiger partial charge is 0.494 e. The molecule has 0 spiro atoms. The van der Waals surface area contributed by atoms with Gasteiger partial charge >= 0.3 is 0 Å². The lowest BCUT2D eigenvalue weighted by Gasteiger charge is -2.09. The molecule has 108 valence electrons. The number of aromatic nitrogens is 3. The van der Waals surface area contributed by atoms with Crippen molar-refractivity contribution >= 4 is 28.1 Å². The van der Waals surface area contributed by atoms with Crippen LogP contribution >= 0.6 is 11.3 Å². The second-order valence-electron chi connectivity index (χ2n) is 4.38. The van der Waals surface area contributed by atoms with Crippen molar-refractivity contribution in [1.82, 2.24) is 15.0 Å². The zero-order valence-corrected chi connectivity index (χ0v) is 12.2. The summed E-state index contributed by atoms with van der Waals surface area (Å²) in [6.45, 7) is 0.690. The maximum atomic E-state index is 13.7. The van der Waals surface area contributed by atoms with E-state index in [-0.39, 0.29) is 5.75 Å². The minimum atomic E-state index is -0.433. The summed E-state index contributed by atoms with van der Waals surface area (Å²) in [4.78, 5) is 12.5. The number of benzene rings is 1. The van der Waals surface area contributed by atoms with Crippen molar-refractivity contribution < 1.29 is 9.13 Å². The molecule has 0 aliphatic rings. The molecule has 0 aliphatic carbocycles. The minimum absolute atomic E-state index is 0.180. The smallest absolute Gasteiger partial charge is 0.167 e. The number of hydrogen-bond donors (Lipinski definition) is 1. The van der Waals surface area contributed by atoms with Crippen molar-refractivity contribution in [2.24, 2.45) is 0 Å². The summed E-state index contributed by atoms with van der Waals surface area (Å²) in [6.07, 6.45) is 2.22. The normalized spacial score (nSPS) is 10.8. The third kappa shape index (κ3) is 2.92. The van der Waals surface area contributed by atoms with Gasteiger partial charge in [0.15, 0.2) is 11.6 Å². The lowest BCUT2D eigenvalue weighted by Crippen LogP contribution is -2.07. The number of nitrogens with zero attached hydrogens (tertiary/aromatic N) is 3. The van der Waals surface area contributed by atoms with E-state index in [1.807, 2.05) is 10.9 Å². The highest BCUT2D eigenvalue weighted by atomic mass is 32.1. The topological polar surface area (TPSA) is 59.9 Å². The first-order chi connectivity index (χ1) is 10.3. The minimum Gasteiger partial charge on any atom is -0.494 e. The number of rotatable bonds is 5. The number of methoxy groups -OCH3 is 1. The number of hydrogen-bond acceptors (Lipinski definition) is 6. The molecule has 0 amide bonds. The van der Waals surface area contributed by atoms with E-state index in [2.05, 4.69) is 20.3 Å². The maximum Gasteiger partial charge on any atom is 0.167 e. The highest BCUT2D eigenvalue weighted by molar-refractivity contribution is 7.07. The summed E-state index contributed by atoms with van der Waals surface area (Å²) < 4.78 is 18.7. The van der Waals surface area contributed by atoms with Crippen molar-refractivity contribution in [1.29, 1.82) is 0 Å². The molecular formula is C14H13FN4OS. The van der Waals surface area contributed by atoms with Crippen molar-refractivity contribution in [2.45, 2.75) is 6.42 Å². The lowest BCUT2D eigenvalue weighted by molar-refractivity contribution is 0.387. The second-order valence-corrected chi connectivity index (χ2v) is 5.10. The van der Waals surface area contributed by atoms with E-state index in [0.717, 1.165) is 17.5 Å². The maximum absolute atomic E-state index is 13.7. The van der Waals surface area contributed by atoms with Crippen LogP contribution in [0.15, 0.2) is 29.4 Å². The molecule has 0 atom stereocenters. The van der Waals surface area contributed by atoms with Crippen LogP contribution in [0.5, 0.6) is 5.75 Å². The first-order valence-corrected chi connectivity index (χ1v) is 7.31. The molecule has 0 saturated heterocycles. The summed E-state index contributed by atoms with van der Waals surface area (Å²) in [5.41, 5.74) is 3.39. The van der Waals surface area contributed by atoms with Gasteiger partial charge in [0.05, 0.1) is 23.8 Å².